The Labute approximate surface area is 142 Å². The highest BCUT2D eigenvalue weighted by molar-refractivity contribution is 7.91. The van der Waals surface area contributed by atoms with Crippen molar-refractivity contribution in [3.63, 3.8) is 0 Å². The molecule has 1 aromatic carbocycles. The van der Waals surface area contributed by atoms with Crippen molar-refractivity contribution in [2.24, 2.45) is 0 Å². The molecule has 1 saturated heterocycles. The molecule has 1 aliphatic rings. The molecule has 0 saturated carbocycles. The zero-order valence-electron chi connectivity index (χ0n) is 13.9. The highest BCUT2D eigenvalue weighted by atomic mass is 32.2. The average molecular weight is 346 g/mol. The van der Waals surface area contributed by atoms with Crippen LogP contribution in [0.15, 0.2) is 36.5 Å². The SMILES string of the molecule is CCN(c1ccnc(Nc2ccccc2C)n1)C1CCS(=O)(=O)C1. The van der Waals surface area contributed by atoms with Gasteiger partial charge in [-0.3, -0.25) is 0 Å². The van der Waals surface area contributed by atoms with Crippen molar-refractivity contribution in [1.82, 2.24) is 9.97 Å². The summed E-state index contributed by atoms with van der Waals surface area (Å²) in [5, 5.41) is 3.23. The molecule has 0 spiro atoms. The summed E-state index contributed by atoms with van der Waals surface area (Å²) in [6, 6.07) is 9.76. The number of aryl methyl sites for hydroxylation is 1. The Morgan fingerprint density at radius 3 is 2.75 bits per heavy atom. The Hall–Kier alpha value is -2.15. The maximum Gasteiger partial charge on any atom is 0.229 e. The van der Waals surface area contributed by atoms with E-state index in [1.807, 2.05) is 44.2 Å². The zero-order chi connectivity index (χ0) is 17.2. The molecular weight excluding hydrogens is 324 g/mol. The number of nitrogens with zero attached hydrogens (tertiary/aromatic N) is 3. The monoisotopic (exact) mass is 346 g/mol. The van der Waals surface area contributed by atoms with Crippen molar-refractivity contribution >= 4 is 27.3 Å². The van der Waals surface area contributed by atoms with Gasteiger partial charge in [-0.05, 0) is 38.0 Å². The second kappa shape index (κ2) is 6.76. The van der Waals surface area contributed by atoms with Crippen molar-refractivity contribution in [3.8, 4) is 0 Å². The molecule has 1 aliphatic heterocycles. The van der Waals surface area contributed by atoms with Gasteiger partial charge in [0, 0.05) is 24.5 Å². The number of aromatic nitrogens is 2. The van der Waals surface area contributed by atoms with Gasteiger partial charge in [0.25, 0.3) is 0 Å². The third kappa shape index (κ3) is 3.67. The maximum atomic E-state index is 11.8. The molecule has 6 nitrogen and oxygen atoms in total. The predicted octanol–water partition coefficient (Wildman–Crippen LogP) is 2.54. The highest BCUT2D eigenvalue weighted by Crippen LogP contribution is 2.24. The minimum absolute atomic E-state index is 0.0128. The van der Waals surface area contributed by atoms with Gasteiger partial charge in [0.2, 0.25) is 5.95 Å². The summed E-state index contributed by atoms with van der Waals surface area (Å²) in [6.07, 6.45) is 2.36. The third-order valence-electron chi connectivity index (χ3n) is 4.32. The van der Waals surface area contributed by atoms with Crippen molar-refractivity contribution in [1.29, 1.82) is 0 Å². The number of sulfone groups is 1. The number of hydrogen-bond acceptors (Lipinski definition) is 6. The Bertz CT molecular complexity index is 823. The molecule has 1 fully saturated rings. The summed E-state index contributed by atoms with van der Waals surface area (Å²) in [4.78, 5) is 10.9. The number of nitrogens with one attached hydrogen (secondary N) is 1. The van der Waals surface area contributed by atoms with Crippen LogP contribution < -0.4 is 10.2 Å². The molecule has 7 heteroatoms. The van der Waals surface area contributed by atoms with Crippen molar-refractivity contribution in [3.05, 3.63) is 42.1 Å². The largest absolute Gasteiger partial charge is 0.353 e. The van der Waals surface area contributed by atoms with Crippen LogP contribution in [0.25, 0.3) is 0 Å². The number of anilines is 3. The molecule has 1 N–H and O–H groups in total. The molecule has 1 aromatic heterocycles. The van der Waals surface area contributed by atoms with Crippen LogP contribution in [-0.2, 0) is 9.84 Å². The summed E-state index contributed by atoms with van der Waals surface area (Å²) >= 11 is 0. The van der Waals surface area contributed by atoms with Gasteiger partial charge < -0.3 is 10.2 Å². The van der Waals surface area contributed by atoms with Crippen LogP contribution in [0.5, 0.6) is 0 Å². The number of benzene rings is 1. The minimum atomic E-state index is -2.92. The lowest BCUT2D eigenvalue weighted by Crippen LogP contribution is -2.36. The van der Waals surface area contributed by atoms with Crippen LogP contribution >= 0.6 is 0 Å². The smallest absolute Gasteiger partial charge is 0.229 e. The van der Waals surface area contributed by atoms with E-state index in [0.29, 0.717) is 18.9 Å². The summed E-state index contributed by atoms with van der Waals surface area (Å²) in [5.74, 6) is 1.73. The fourth-order valence-electron chi connectivity index (χ4n) is 3.03. The molecule has 0 aliphatic carbocycles. The summed E-state index contributed by atoms with van der Waals surface area (Å²) < 4.78 is 23.5. The standard InChI is InChI=1S/C17H22N4O2S/c1-3-21(14-9-11-24(22,23)12-14)16-8-10-18-17(20-16)19-15-7-5-4-6-13(15)2/h4-8,10,14H,3,9,11-12H2,1-2H3,(H,18,19,20). The quantitative estimate of drug-likeness (QED) is 0.897. The van der Waals surface area contributed by atoms with E-state index in [1.54, 1.807) is 6.20 Å². The first kappa shape index (κ1) is 16.7. The fourth-order valence-corrected chi connectivity index (χ4v) is 4.76. The number of hydrogen-bond donors (Lipinski definition) is 1. The van der Waals surface area contributed by atoms with Crippen molar-refractivity contribution in [2.45, 2.75) is 26.3 Å². The van der Waals surface area contributed by atoms with E-state index in [-0.39, 0.29) is 17.5 Å². The van der Waals surface area contributed by atoms with E-state index in [1.165, 1.54) is 0 Å². The van der Waals surface area contributed by atoms with E-state index in [4.69, 9.17) is 0 Å². The van der Waals surface area contributed by atoms with Crippen LogP contribution in [0, 0.1) is 6.92 Å². The minimum Gasteiger partial charge on any atom is -0.353 e. The second-order valence-corrected chi connectivity index (χ2v) is 8.25. The van der Waals surface area contributed by atoms with Crippen LogP contribution in [0.3, 0.4) is 0 Å². The van der Waals surface area contributed by atoms with Crippen LogP contribution in [0.4, 0.5) is 17.5 Å². The van der Waals surface area contributed by atoms with Gasteiger partial charge in [0.05, 0.1) is 11.5 Å². The molecule has 2 aromatic rings. The molecule has 1 unspecified atom stereocenters. The van der Waals surface area contributed by atoms with Gasteiger partial charge in [-0.25, -0.2) is 13.4 Å². The normalized spacial score (nSPS) is 19.2. The topological polar surface area (TPSA) is 75.2 Å². The van der Waals surface area contributed by atoms with Crippen molar-refractivity contribution < 1.29 is 8.42 Å². The summed E-state index contributed by atoms with van der Waals surface area (Å²) in [7, 11) is -2.92. The molecular formula is C17H22N4O2S. The molecule has 0 amide bonds. The highest BCUT2D eigenvalue weighted by Gasteiger charge is 2.32. The van der Waals surface area contributed by atoms with Gasteiger partial charge in [0.1, 0.15) is 5.82 Å². The maximum absolute atomic E-state index is 11.8. The Balaban J connectivity index is 1.83. The molecule has 2 heterocycles. The van der Waals surface area contributed by atoms with E-state index < -0.39 is 9.84 Å². The van der Waals surface area contributed by atoms with Gasteiger partial charge in [-0.15, -0.1) is 0 Å². The lowest BCUT2D eigenvalue weighted by molar-refractivity contribution is 0.599. The molecule has 0 radical (unpaired) electrons. The molecule has 3 rings (SSSR count). The van der Waals surface area contributed by atoms with E-state index in [2.05, 4.69) is 20.2 Å². The van der Waals surface area contributed by atoms with E-state index >= 15 is 0 Å². The lowest BCUT2D eigenvalue weighted by atomic mass is 10.2. The molecule has 1 atom stereocenters. The zero-order valence-corrected chi connectivity index (χ0v) is 14.8. The first-order chi connectivity index (χ1) is 11.5. The van der Waals surface area contributed by atoms with Crippen LogP contribution in [0.2, 0.25) is 0 Å². The van der Waals surface area contributed by atoms with E-state index in [9.17, 15) is 8.42 Å². The molecule has 0 bridgehead atoms. The van der Waals surface area contributed by atoms with Gasteiger partial charge in [0.15, 0.2) is 9.84 Å². The predicted molar refractivity (Wildman–Crippen MR) is 96.6 cm³/mol. The van der Waals surface area contributed by atoms with Gasteiger partial charge >= 0.3 is 0 Å². The second-order valence-electron chi connectivity index (χ2n) is 6.02. The molecule has 128 valence electrons. The fraction of sp³-hybridized carbons (Fsp3) is 0.412. The Morgan fingerprint density at radius 2 is 2.08 bits per heavy atom. The van der Waals surface area contributed by atoms with E-state index in [0.717, 1.165) is 17.1 Å². The Morgan fingerprint density at radius 1 is 1.29 bits per heavy atom. The third-order valence-corrected chi connectivity index (χ3v) is 6.07. The first-order valence-electron chi connectivity index (χ1n) is 8.11. The summed E-state index contributed by atoms with van der Waals surface area (Å²) in [6.45, 7) is 4.75. The van der Waals surface area contributed by atoms with Crippen LogP contribution in [0.1, 0.15) is 18.9 Å². The first-order valence-corrected chi connectivity index (χ1v) is 9.93. The Kier molecular flexibility index (Phi) is 4.71. The number of para-hydroxylation sites is 1. The van der Waals surface area contributed by atoms with Gasteiger partial charge in [-0.2, -0.15) is 4.98 Å². The lowest BCUT2D eigenvalue weighted by Gasteiger charge is -2.28. The van der Waals surface area contributed by atoms with Crippen molar-refractivity contribution in [2.75, 3.05) is 28.3 Å². The summed E-state index contributed by atoms with van der Waals surface area (Å²) in [5.41, 5.74) is 2.07. The van der Waals surface area contributed by atoms with Crippen LogP contribution in [-0.4, -0.2) is 42.5 Å². The number of rotatable bonds is 5. The average Bonchev–Trinajstić information content (AvgIpc) is 2.91. The van der Waals surface area contributed by atoms with Gasteiger partial charge in [-0.1, -0.05) is 18.2 Å². The molecule has 24 heavy (non-hydrogen) atoms.